The fraction of sp³-hybridized carbons (Fsp3) is 0.471. The van der Waals surface area contributed by atoms with Gasteiger partial charge in [0.2, 0.25) is 0 Å². The molecule has 3 nitrogen and oxygen atoms in total. The Hall–Kier alpha value is -1.68. The molecule has 1 unspecified atom stereocenters. The third kappa shape index (κ3) is 5.31. The van der Waals surface area contributed by atoms with Crippen molar-refractivity contribution in [2.45, 2.75) is 26.2 Å². The third-order valence-corrected chi connectivity index (χ3v) is 3.54. The molecule has 2 rings (SSSR count). The lowest BCUT2D eigenvalue weighted by molar-refractivity contribution is 0.463. The summed E-state index contributed by atoms with van der Waals surface area (Å²) in [4.78, 5) is 0. The predicted molar refractivity (Wildman–Crippen MR) is 83.7 cm³/mol. The zero-order valence-corrected chi connectivity index (χ0v) is 12.8. The summed E-state index contributed by atoms with van der Waals surface area (Å²) >= 11 is 0. The van der Waals surface area contributed by atoms with Gasteiger partial charge in [0.15, 0.2) is 0 Å². The average molecular weight is 289 g/mol. The first-order chi connectivity index (χ1) is 10.2. The molecule has 0 spiro atoms. The Morgan fingerprint density at radius 3 is 2.81 bits per heavy atom. The Morgan fingerprint density at radius 2 is 2.14 bits per heavy atom. The second kappa shape index (κ2) is 7.93. The number of rotatable bonds is 8. The molecule has 0 saturated carbocycles. The molecule has 4 heteroatoms. The van der Waals surface area contributed by atoms with Crippen molar-refractivity contribution in [1.82, 2.24) is 15.1 Å². The van der Waals surface area contributed by atoms with Gasteiger partial charge in [0.25, 0.3) is 0 Å². The summed E-state index contributed by atoms with van der Waals surface area (Å²) in [6.07, 6.45) is 4.86. The molecule has 0 bridgehead atoms. The summed E-state index contributed by atoms with van der Waals surface area (Å²) in [5.41, 5.74) is 2.14. The first-order valence-corrected chi connectivity index (χ1v) is 7.61. The second-order valence-electron chi connectivity index (χ2n) is 5.59. The van der Waals surface area contributed by atoms with Gasteiger partial charge in [0.1, 0.15) is 5.82 Å². The largest absolute Gasteiger partial charge is 0.316 e. The summed E-state index contributed by atoms with van der Waals surface area (Å²) in [6.45, 7) is 4.11. The third-order valence-electron chi connectivity index (χ3n) is 3.54. The van der Waals surface area contributed by atoms with Gasteiger partial charge >= 0.3 is 0 Å². The van der Waals surface area contributed by atoms with Crippen LogP contribution in [-0.2, 0) is 19.9 Å². The van der Waals surface area contributed by atoms with Gasteiger partial charge in [-0.3, -0.25) is 4.68 Å². The molecule has 114 valence electrons. The SMILES string of the molecule is CCCNCC(Cc1cccc(F)c1)Cc1ccn(C)n1. The molecule has 1 aromatic carbocycles. The molecule has 0 aliphatic rings. The Bertz CT molecular complexity index is 550. The van der Waals surface area contributed by atoms with E-state index in [1.807, 2.05) is 24.0 Å². The molecule has 0 radical (unpaired) electrons. The lowest BCUT2D eigenvalue weighted by Gasteiger charge is -2.17. The number of aryl methyl sites for hydroxylation is 1. The number of hydrogen-bond donors (Lipinski definition) is 1. The van der Waals surface area contributed by atoms with Crippen molar-refractivity contribution in [2.24, 2.45) is 13.0 Å². The maximum Gasteiger partial charge on any atom is 0.123 e. The van der Waals surface area contributed by atoms with Crippen LogP contribution < -0.4 is 5.32 Å². The number of hydrogen-bond acceptors (Lipinski definition) is 2. The molecule has 1 N–H and O–H groups in total. The molecule has 0 saturated heterocycles. The molecular weight excluding hydrogens is 265 g/mol. The van der Waals surface area contributed by atoms with Gasteiger partial charge in [0, 0.05) is 13.2 Å². The molecule has 0 fully saturated rings. The topological polar surface area (TPSA) is 29.9 Å². The van der Waals surface area contributed by atoms with Crippen LogP contribution in [0.4, 0.5) is 4.39 Å². The molecule has 0 aliphatic carbocycles. The number of nitrogens with zero attached hydrogens (tertiary/aromatic N) is 2. The molecule has 21 heavy (non-hydrogen) atoms. The average Bonchev–Trinajstić information content (AvgIpc) is 2.84. The van der Waals surface area contributed by atoms with Crippen molar-refractivity contribution in [2.75, 3.05) is 13.1 Å². The Labute approximate surface area is 126 Å². The van der Waals surface area contributed by atoms with Crippen LogP contribution in [0.15, 0.2) is 36.5 Å². The van der Waals surface area contributed by atoms with E-state index in [-0.39, 0.29) is 5.82 Å². The van der Waals surface area contributed by atoms with E-state index >= 15 is 0 Å². The smallest absolute Gasteiger partial charge is 0.123 e. The maximum atomic E-state index is 13.3. The first-order valence-electron chi connectivity index (χ1n) is 7.61. The van der Waals surface area contributed by atoms with Crippen LogP contribution in [0.3, 0.4) is 0 Å². The number of nitrogens with one attached hydrogen (secondary N) is 1. The van der Waals surface area contributed by atoms with Crippen molar-refractivity contribution in [3.8, 4) is 0 Å². The summed E-state index contributed by atoms with van der Waals surface area (Å²) in [5.74, 6) is 0.263. The molecule has 0 amide bonds. The lowest BCUT2D eigenvalue weighted by atomic mass is 9.94. The van der Waals surface area contributed by atoms with Crippen LogP contribution in [0.1, 0.15) is 24.6 Å². The number of halogens is 1. The molecule has 2 aromatic rings. The van der Waals surface area contributed by atoms with E-state index in [0.29, 0.717) is 5.92 Å². The molecule has 1 aromatic heterocycles. The van der Waals surface area contributed by atoms with Crippen LogP contribution in [0.5, 0.6) is 0 Å². The van der Waals surface area contributed by atoms with E-state index in [9.17, 15) is 4.39 Å². The highest BCUT2D eigenvalue weighted by molar-refractivity contribution is 5.17. The molecular formula is C17H24FN3. The minimum absolute atomic E-state index is 0.161. The fourth-order valence-corrected chi connectivity index (χ4v) is 2.56. The van der Waals surface area contributed by atoms with E-state index in [1.54, 1.807) is 12.1 Å². The van der Waals surface area contributed by atoms with Gasteiger partial charge in [-0.1, -0.05) is 19.1 Å². The number of benzene rings is 1. The van der Waals surface area contributed by atoms with Crippen molar-refractivity contribution in [3.05, 3.63) is 53.6 Å². The summed E-state index contributed by atoms with van der Waals surface area (Å²) in [7, 11) is 1.93. The highest BCUT2D eigenvalue weighted by Gasteiger charge is 2.12. The first kappa shape index (κ1) is 15.7. The van der Waals surface area contributed by atoms with Crippen LogP contribution >= 0.6 is 0 Å². The van der Waals surface area contributed by atoms with Gasteiger partial charge in [0.05, 0.1) is 5.69 Å². The van der Waals surface area contributed by atoms with Crippen LogP contribution in [-0.4, -0.2) is 22.9 Å². The van der Waals surface area contributed by atoms with Gasteiger partial charge in [-0.15, -0.1) is 0 Å². The second-order valence-corrected chi connectivity index (χ2v) is 5.59. The zero-order chi connectivity index (χ0) is 15.1. The summed E-state index contributed by atoms with van der Waals surface area (Å²) < 4.78 is 15.2. The standard InChI is InChI=1S/C17H24FN3/c1-3-8-19-13-15(12-17-7-9-21(2)20-17)10-14-5-4-6-16(18)11-14/h4-7,9,11,15,19H,3,8,10,12-13H2,1-2H3. The predicted octanol–water partition coefficient (Wildman–Crippen LogP) is 2.96. The van der Waals surface area contributed by atoms with E-state index in [2.05, 4.69) is 23.4 Å². The van der Waals surface area contributed by atoms with E-state index < -0.39 is 0 Å². The minimum Gasteiger partial charge on any atom is -0.316 e. The maximum absolute atomic E-state index is 13.3. The van der Waals surface area contributed by atoms with Gasteiger partial charge in [-0.2, -0.15) is 5.10 Å². The van der Waals surface area contributed by atoms with Crippen molar-refractivity contribution in [1.29, 1.82) is 0 Å². The monoisotopic (exact) mass is 289 g/mol. The quantitative estimate of drug-likeness (QED) is 0.757. The summed E-state index contributed by atoms with van der Waals surface area (Å²) in [6, 6.07) is 8.95. The van der Waals surface area contributed by atoms with Gasteiger partial charge in [-0.25, -0.2) is 4.39 Å². The van der Waals surface area contributed by atoms with Crippen LogP contribution in [0.25, 0.3) is 0 Å². The van der Waals surface area contributed by atoms with Crippen molar-refractivity contribution in [3.63, 3.8) is 0 Å². The van der Waals surface area contributed by atoms with Gasteiger partial charge < -0.3 is 5.32 Å². The number of aromatic nitrogens is 2. The van der Waals surface area contributed by atoms with E-state index in [1.165, 1.54) is 6.07 Å². The lowest BCUT2D eigenvalue weighted by Crippen LogP contribution is -2.26. The normalized spacial score (nSPS) is 12.5. The molecule has 1 atom stereocenters. The van der Waals surface area contributed by atoms with E-state index in [4.69, 9.17) is 0 Å². The van der Waals surface area contributed by atoms with Crippen LogP contribution in [0.2, 0.25) is 0 Å². The Morgan fingerprint density at radius 1 is 1.29 bits per heavy atom. The Kier molecular flexibility index (Phi) is 5.93. The zero-order valence-electron chi connectivity index (χ0n) is 12.8. The minimum atomic E-state index is -0.161. The molecule has 1 heterocycles. The van der Waals surface area contributed by atoms with E-state index in [0.717, 1.165) is 43.6 Å². The van der Waals surface area contributed by atoms with Gasteiger partial charge in [-0.05, 0) is 62.0 Å². The highest BCUT2D eigenvalue weighted by atomic mass is 19.1. The fourth-order valence-electron chi connectivity index (χ4n) is 2.56. The van der Waals surface area contributed by atoms with Crippen LogP contribution in [0, 0.1) is 11.7 Å². The Balaban J connectivity index is 2.00. The highest BCUT2D eigenvalue weighted by Crippen LogP contribution is 2.14. The van der Waals surface area contributed by atoms with Crippen molar-refractivity contribution >= 4 is 0 Å². The summed E-state index contributed by atoms with van der Waals surface area (Å²) in [5, 5.41) is 7.92. The molecule has 0 aliphatic heterocycles. The van der Waals surface area contributed by atoms with Crippen molar-refractivity contribution < 1.29 is 4.39 Å².